The van der Waals surface area contributed by atoms with Crippen molar-refractivity contribution in [3.8, 4) is 5.69 Å². The highest BCUT2D eigenvalue weighted by Gasteiger charge is 2.30. The van der Waals surface area contributed by atoms with Crippen LogP contribution in [0.3, 0.4) is 0 Å². The van der Waals surface area contributed by atoms with Crippen LogP contribution in [-0.4, -0.2) is 43.9 Å². The number of halogens is 3. The zero-order valence-corrected chi connectivity index (χ0v) is 15.0. The van der Waals surface area contributed by atoms with Crippen LogP contribution >= 0.6 is 0 Å². The zero-order chi connectivity index (χ0) is 20.9. The lowest BCUT2D eigenvalue weighted by atomic mass is 10.2. The normalized spacial score (nSPS) is 11.3. The van der Waals surface area contributed by atoms with Gasteiger partial charge in [0.2, 0.25) is 5.95 Å². The molecule has 0 fully saturated rings. The Balaban J connectivity index is 1.63. The molecule has 3 rings (SSSR count). The van der Waals surface area contributed by atoms with Gasteiger partial charge in [-0.2, -0.15) is 18.2 Å². The highest BCUT2D eigenvalue weighted by atomic mass is 19.4. The third-order valence-electron chi connectivity index (χ3n) is 3.82. The first-order valence-corrected chi connectivity index (χ1v) is 8.58. The molecule has 3 N–H and O–H groups in total. The van der Waals surface area contributed by atoms with Crippen LogP contribution in [0, 0.1) is 0 Å². The molecule has 3 aromatic rings. The number of alkyl halides is 3. The van der Waals surface area contributed by atoms with Gasteiger partial charge < -0.3 is 15.7 Å². The number of nitrogens with zero attached hydrogens (tertiary/aromatic N) is 4. The number of aromatic nitrogens is 4. The SMILES string of the molecule is O=C(NCCCO)c1ccc(Nc2ncn(-c3ccc(C(F)(F)F)cc3)n2)cn1. The summed E-state index contributed by atoms with van der Waals surface area (Å²) in [5.41, 5.74) is 0.427. The summed E-state index contributed by atoms with van der Waals surface area (Å²) in [6, 6.07) is 7.67. The predicted octanol–water partition coefficient (Wildman–Crippen LogP) is 2.54. The second kappa shape index (κ2) is 8.69. The number of anilines is 2. The molecule has 0 aliphatic carbocycles. The number of rotatable bonds is 7. The molecule has 2 heterocycles. The zero-order valence-electron chi connectivity index (χ0n) is 15.0. The standard InChI is InChI=1S/C18H17F3N6O2/c19-18(20,21)12-2-5-14(6-3-12)27-11-24-17(26-27)25-13-4-7-15(23-10-13)16(29)22-8-1-9-28/h2-7,10-11,28H,1,8-9H2,(H,22,29)(H,25,26). The van der Waals surface area contributed by atoms with E-state index in [2.05, 4.69) is 25.7 Å². The van der Waals surface area contributed by atoms with Gasteiger partial charge in [-0.05, 0) is 42.8 Å². The largest absolute Gasteiger partial charge is 0.416 e. The number of nitrogens with one attached hydrogen (secondary N) is 2. The average molecular weight is 406 g/mol. The van der Waals surface area contributed by atoms with Crippen LogP contribution in [0.15, 0.2) is 48.9 Å². The van der Waals surface area contributed by atoms with Crippen molar-refractivity contribution in [3.63, 3.8) is 0 Å². The van der Waals surface area contributed by atoms with E-state index in [4.69, 9.17) is 5.11 Å². The van der Waals surface area contributed by atoms with Gasteiger partial charge in [0.15, 0.2) is 0 Å². The van der Waals surface area contributed by atoms with Crippen molar-refractivity contribution >= 4 is 17.5 Å². The van der Waals surface area contributed by atoms with E-state index >= 15 is 0 Å². The molecule has 1 amide bonds. The molecule has 2 aromatic heterocycles. The number of benzene rings is 1. The van der Waals surface area contributed by atoms with Crippen LogP contribution < -0.4 is 10.6 Å². The lowest BCUT2D eigenvalue weighted by Crippen LogP contribution is -2.25. The highest BCUT2D eigenvalue weighted by Crippen LogP contribution is 2.29. The monoisotopic (exact) mass is 406 g/mol. The minimum atomic E-state index is -4.40. The van der Waals surface area contributed by atoms with E-state index in [1.807, 2.05) is 0 Å². The molecule has 0 aliphatic heterocycles. The van der Waals surface area contributed by atoms with Gasteiger partial charge in [0.1, 0.15) is 12.0 Å². The first-order valence-electron chi connectivity index (χ1n) is 8.58. The van der Waals surface area contributed by atoms with Crippen molar-refractivity contribution in [2.75, 3.05) is 18.5 Å². The summed E-state index contributed by atoms with van der Waals surface area (Å²) in [4.78, 5) is 20.0. The van der Waals surface area contributed by atoms with Gasteiger partial charge in [-0.25, -0.2) is 9.67 Å². The molecule has 1 aromatic carbocycles. The van der Waals surface area contributed by atoms with Gasteiger partial charge in [-0.3, -0.25) is 4.79 Å². The summed E-state index contributed by atoms with van der Waals surface area (Å²) < 4.78 is 39.2. The summed E-state index contributed by atoms with van der Waals surface area (Å²) >= 11 is 0. The number of aliphatic hydroxyl groups is 1. The molecule has 8 nitrogen and oxygen atoms in total. The minimum Gasteiger partial charge on any atom is -0.396 e. The first-order chi connectivity index (χ1) is 13.9. The maximum Gasteiger partial charge on any atom is 0.416 e. The van der Waals surface area contributed by atoms with E-state index in [1.54, 1.807) is 6.07 Å². The van der Waals surface area contributed by atoms with Gasteiger partial charge in [0.05, 0.1) is 23.1 Å². The molecule has 29 heavy (non-hydrogen) atoms. The lowest BCUT2D eigenvalue weighted by molar-refractivity contribution is -0.137. The number of hydrogen-bond donors (Lipinski definition) is 3. The fourth-order valence-corrected chi connectivity index (χ4v) is 2.35. The Kier molecular flexibility index (Phi) is 6.07. The molecule has 0 bridgehead atoms. The summed E-state index contributed by atoms with van der Waals surface area (Å²) in [6.45, 7) is 0.338. The fraction of sp³-hybridized carbons (Fsp3) is 0.222. The van der Waals surface area contributed by atoms with Crippen LogP contribution in [0.25, 0.3) is 5.69 Å². The average Bonchev–Trinajstić information content (AvgIpc) is 3.16. The second-order valence-electron chi connectivity index (χ2n) is 5.95. The van der Waals surface area contributed by atoms with Crippen LogP contribution in [0.4, 0.5) is 24.8 Å². The van der Waals surface area contributed by atoms with Crippen molar-refractivity contribution in [3.05, 3.63) is 60.2 Å². The number of hydrogen-bond acceptors (Lipinski definition) is 6. The Labute approximate surface area is 163 Å². The topological polar surface area (TPSA) is 105 Å². The molecular weight excluding hydrogens is 389 g/mol. The fourth-order valence-electron chi connectivity index (χ4n) is 2.35. The van der Waals surface area contributed by atoms with Crippen LogP contribution in [0.1, 0.15) is 22.5 Å². The van der Waals surface area contributed by atoms with E-state index < -0.39 is 11.7 Å². The number of amides is 1. The molecule has 152 valence electrons. The maximum absolute atomic E-state index is 12.6. The third kappa shape index (κ3) is 5.29. The van der Waals surface area contributed by atoms with Crippen LogP contribution in [0.5, 0.6) is 0 Å². The van der Waals surface area contributed by atoms with Crippen molar-refractivity contribution in [2.45, 2.75) is 12.6 Å². The quantitative estimate of drug-likeness (QED) is 0.521. The minimum absolute atomic E-state index is 0.0112. The van der Waals surface area contributed by atoms with Gasteiger partial charge in [0.25, 0.3) is 5.91 Å². The predicted molar refractivity (Wildman–Crippen MR) is 97.9 cm³/mol. The number of pyridine rings is 1. The van der Waals surface area contributed by atoms with Gasteiger partial charge in [-0.1, -0.05) is 0 Å². The van der Waals surface area contributed by atoms with E-state index in [0.29, 0.717) is 24.3 Å². The smallest absolute Gasteiger partial charge is 0.396 e. The Morgan fingerprint density at radius 1 is 1.10 bits per heavy atom. The molecule has 0 radical (unpaired) electrons. The van der Waals surface area contributed by atoms with Gasteiger partial charge >= 0.3 is 6.18 Å². The van der Waals surface area contributed by atoms with Crippen molar-refractivity contribution in [1.29, 1.82) is 0 Å². The second-order valence-corrected chi connectivity index (χ2v) is 5.95. The summed E-state index contributed by atoms with van der Waals surface area (Å²) in [6.07, 6.45) is -1.15. The van der Waals surface area contributed by atoms with Crippen LogP contribution in [0.2, 0.25) is 0 Å². The molecule has 11 heteroatoms. The molecule has 0 aliphatic rings. The Bertz CT molecular complexity index is 955. The van der Waals surface area contributed by atoms with Crippen molar-refractivity contribution in [2.24, 2.45) is 0 Å². The van der Waals surface area contributed by atoms with Crippen molar-refractivity contribution in [1.82, 2.24) is 25.1 Å². The molecule has 0 unspecified atom stereocenters. The summed E-state index contributed by atoms with van der Waals surface area (Å²) in [7, 11) is 0. The van der Waals surface area contributed by atoms with E-state index in [0.717, 1.165) is 12.1 Å². The number of carbonyl (C=O) groups is 1. The van der Waals surface area contributed by atoms with Gasteiger partial charge in [0, 0.05) is 13.2 Å². The van der Waals surface area contributed by atoms with Crippen LogP contribution in [-0.2, 0) is 6.18 Å². The molecule has 0 saturated carbocycles. The van der Waals surface area contributed by atoms with E-state index in [1.165, 1.54) is 35.4 Å². The molecule has 0 saturated heterocycles. The lowest BCUT2D eigenvalue weighted by Gasteiger charge is -2.07. The number of carbonyl (C=O) groups excluding carboxylic acids is 1. The Hall–Kier alpha value is -3.47. The van der Waals surface area contributed by atoms with E-state index in [-0.39, 0.29) is 24.2 Å². The Morgan fingerprint density at radius 2 is 1.86 bits per heavy atom. The van der Waals surface area contributed by atoms with Crippen molar-refractivity contribution < 1.29 is 23.1 Å². The molecular formula is C18H17F3N6O2. The molecule has 0 atom stereocenters. The first kappa shape index (κ1) is 20.3. The third-order valence-corrected chi connectivity index (χ3v) is 3.82. The highest BCUT2D eigenvalue weighted by molar-refractivity contribution is 5.92. The summed E-state index contributed by atoms with van der Waals surface area (Å²) in [5, 5.41) is 18.4. The number of aliphatic hydroxyl groups excluding tert-OH is 1. The van der Waals surface area contributed by atoms with E-state index in [9.17, 15) is 18.0 Å². The maximum atomic E-state index is 12.6. The molecule has 0 spiro atoms. The van der Waals surface area contributed by atoms with Gasteiger partial charge in [-0.15, -0.1) is 5.10 Å². The summed E-state index contributed by atoms with van der Waals surface area (Å²) in [5.74, 6) is -0.137. The Morgan fingerprint density at radius 3 is 2.48 bits per heavy atom.